The molecule has 0 fully saturated rings. The molecule has 1 aromatic rings. The van der Waals surface area contributed by atoms with Crippen molar-refractivity contribution in [2.75, 3.05) is 0 Å². The molecule has 1 rings (SSSR count). The SMILES string of the molecule is N#Cc1cc(C(=O)O)c(C(=O)O)[nH]c1=O. The third-order valence-corrected chi connectivity index (χ3v) is 1.61. The number of aromatic carboxylic acids is 2. The molecule has 1 aromatic heterocycles. The summed E-state index contributed by atoms with van der Waals surface area (Å²) in [4.78, 5) is 34.0. The van der Waals surface area contributed by atoms with Gasteiger partial charge in [0.2, 0.25) is 0 Å². The van der Waals surface area contributed by atoms with Crippen LogP contribution in [0.15, 0.2) is 10.9 Å². The standard InChI is InChI=1S/C8H4N2O5/c9-2-3-1-4(7(12)13)5(8(14)15)10-6(3)11/h1H,(H,10,11)(H,12,13)(H,14,15). The van der Waals surface area contributed by atoms with Crippen molar-refractivity contribution in [1.82, 2.24) is 4.98 Å². The maximum Gasteiger partial charge on any atom is 0.353 e. The second-order valence-corrected chi connectivity index (χ2v) is 2.52. The summed E-state index contributed by atoms with van der Waals surface area (Å²) in [6, 6.07) is 2.18. The fraction of sp³-hybridized carbons (Fsp3) is 0. The third-order valence-electron chi connectivity index (χ3n) is 1.61. The van der Waals surface area contributed by atoms with Gasteiger partial charge in [0, 0.05) is 0 Å². The van der Waals surface area contributed by atoms with Crippen molar-refractivity contribution in [2.24, 2.45) is 0 Å². The largest absolute Gasteiger partial charge is 0.478 e. The number of carboxylic acid groups (broad SMARTS) is 2. The third kappa shape index (κ3) is 1.83. The van der Waals surface area contributed by atoms with Crippen LogP contribution >= 0.6 is 0 Å². The lowest BCUT2D eigenvalue weighted by Crippen LogP contribution is -2.20. The molecule has 7 heteroatoms. The van der Waals surface area contributed by atoms with Crippen molar-refractivity contribution in [1.29, 1.82) is 5.26 Å². The molecule has 0 amide bonds. The Morgan fingerprint density at radius 2 is 1.93 bits per heavy atom. The number of aromatic nitrogens is 1. The number of nitriles is 1. The van der Waals surface area contributed by atoms with Crippen LogP contribution in [0.25, 0.3) is 0 Å². The van der Waals surface area contributed by atoms with Gasteiger partial charge in [0.15, 0.2) is 0 Å². The van der Waals surface area contributed by atoms with Crippen molar-refractivity contribution in [2.45, 2.75) is 0 Å². The smallest absolute Gasteiger partial charge is 0.353 e. The Labute approximate surface area is 82.2 Å². The monoisotopic (exact) mass is 208 g/mol. The minimum atomic E-state index is -1.58. The van der Waals surface area contributed by atoms with E-state index in [9.17, 15) is 14.4 Å². The molecule has 0 aromatic carbocycles. The van der Waals surface area contributed by atoms with Crippen LogP contribution in [0, 0.1) is 11.3 Å². The summed E-state index contributed by atoms with van der Waals surface area (Å²) in [7, 11) is 0. The van der Waals surface area contributed by atoms with E-state index < -0.39 is 34.3 Å². The van der Waals surface area contributed by atoms with Crippen molar-refractivity contribution in [3.05, 3.63) is 33.2 Å². The Morgan fingerprint density at radius 3 is 2.33 bits per heavy atom. The molecule has 0 atom stereocenters. The van der Waals surface area contributed by atoms with E-state index in [4.69, 9.17) is 15.5 Å². The van der Waals surface area contributed by atoms with Crippen LogP contribution in [0.1, 0.15) is 26.4 Å². The van der Waals surface area contributed by atoms with Gasteiger partial charge in [-0.25, -0.2) is 9.59 Å². The molecule has 3 N–H and O–H groups in total. The van der Waals surface area contributed by atoms with E-state index in [1.165, 1.54) is 6.07 Å². The molecule has 0 aliphatic heterocycles. The van der Waals surface area contributed by atoms with Gasteiger partial charge in [0.05, 0.1) is 5.56 Å². The molecule has 0 aliphatic rings. The van der Waals surface area contributed by atoms with Gasteiger partial charge in [-0.2, -0.15) is 5.26 Å². The summed E-state index contributed by atoms with van der Waals surface area (Å²) >= 11 is 0. The number of hydrogen-bond donors (Lipinski definition) is 3. The summed E-state index contributed by atoms with van der Waals surface area (Å²) in [5, 5.41) is 25.7. The minimum Gasteiger partial charge on any atom is -0.478 e. The van der Waals surface area contributed by atoms with E-state index in [-0.39, 0.29) is 0 Å². The zero-order valence-electron chi connectivity index (χ0n) is 7.14. The molecule has 0 saturated heterocycles. The van der Waals surface area contributed by atoms with E-state index in [1.807, 2.05) is 4.98 Å². The second kappa shape index (κ2) is 3.63. The summed E-state index contributed by atoms with van der Waals surface area (Å²) in [5.41, 5.74) is -2.75. The van der Waals surface area contributed by atoms with Crippen LogP contribution in [0.3, 0.4) is 0 Å². The number of aromatic amines is 1. The zero-order chi connectivity index (χ0) is 11.6. The van der Waals surface area contributed by atoms with Crippen molar-refractivity contribution in [3.63, 3.8) is 0 Å². The number of rotatable bonds is 2. The normalized spacial score (nSPS) is 9.27. The molecule has 7 nitrogen and oxygen atoms in total. The van der Waals surface area contributed by atoms with Crippen LogP contribution in [-0.2, 0) is 0 Å². The van der Waals surface area contributed by atoms with Gasteiger partial charge >= 0.3 is 11.9 Å². The number of carbonyl (C=O) groups is 2. The van der Waals surface area contributed by atoms with Crippen LogP contribution in [0.4, 0.5) is 0 Å². The van der Waals surface area contributed by atoms with Crippen LogP contribution in [-0.4, -0.2) is 27.1 Å². The average Bonchev–Trinajstić information content (AvgIpc) is 2.16. The van der Waals surface area contributed by atoms with E-state index in [0.29, 0.717) is 0 Å². The maximum atomic E-state index is 11.0. The number of nitrogens with zero attached hydrogens (tertiary/aromatic N) is 1. The first-order valence-corrected chi connectivity index (χ1v) is 3.61. The number of carboxylic acids is 2. The molecule has 0 unspecified atom stereocenters. The number of H-pyrrole nitrogens is 1. The first-order chi connectivity index (χ1) is 6.97. The molecule has 0 spiro atoms. The predicted octanol–water partition coefficient (Wildman–Crippen LogP) is -0.357. The van der Waals surface area contributed by atoms with Gasteiger partial charge in [-0.05, 0) is 6.07 Å². The van der Waals surface area contributed by atoms with Crippen LogP contribution in [0.2, 0.25) is 0 Å². The molecule has 0 radical (unpaired) electrons. The fourth-order valence-electron chi connectivity index (χ4n) is 0.951. The van der Waals surface area contributed by atoms with Crippen LogP contribution in [0.5, 0.6) is 0 Å². The van der Waals surface area contributed by atoms with Crippen molar-refractivity contribution < 1.29 is 19.8 Å². The zero-order valence-corrected chi connectivity index (χ0v) is 7.14. The van der Waals surface area contributed by atoms with Gasteiger partial charge in [0.1, 0.15) is 17.3 Å². The summed E-state index contributed by atoms with van der Waals surface area (Å²) < 4.78 is 0. The quantitative estimate of drug-likeness (QED) is 0.608. The molecule has 15 heavy (non-hydrogen) atoms. The molecule has 0 bridgehead atoms. The maximum absolute atomic E-state index is 11.0. The summed E-state index contributed by atoms with van der Waals surface area (Å²) in [5.74, 6) is -3.10. The molecular formula is C8H4N2O5. The van der Waals surface area contributed by atoms with Gasteiger partial charge in [-0.15, -0.1) is 0 Å². The van der Waals surface area contributed by atoms with Gasteiger partial charge in [-0.1, -0.05) is 0 Å². The van der Waals surface area contributed by atoms with E-state index in [2.05, 4.69) is 0 Å². The van der Waals surface area contributed by atoms with Gasteiger partial charge in [0.25, 0.3) is 5.56 Å². The second-order valence-electron chi connectivity index (χ2n) is 2.52. The molecule has 0 saturated carbocycles. The first-order valence-electron chi connectivity index (χ1n) is 3.61. The Kier molecular flexibility index (Phi) is 2.53. The van der Waals surface area contributed by atoms with E-state index >= 15 is 0 Å². The van der Waals surface area contributed by atoms with Crippen molar-refractivity contribution >= 4 is 11.9 Å². The van der Waals surface area contributed by atoms with E-state index in [1.54, 1.807) is 0 Å². The minimum absolute atomic E-state index is 0.447. The highest BCUT2D eigenvalue weighted by Crippen LogP contribution is 2.05. The first kappa shape index (κ1) is 10.5. The molecular weight excluding hydrogens is 204 g/mol. The van der Waals surface area contributed by atoms with E-state index in [0.717, 1.165) is 6.07 Å². The van der Waals surface area contributed by atoms with Gasteiger partial charge < -0.3 is 15.2 Å². The molecule has 0 aliphatic carbocycles. The molecule has 1 heterocycles. The Morgan fingerprint density at radius 1 is 1.33 bits per heavy atom. The molecule has 76 valence electrons. The predicted molar refractivity (Wildman–Crippen MR) is 45.7 cm³/mol. The summed E-state index contributed by atoms with van der Waals surface area (Å²) in [6.07, 6.45) is 0. The number of hydrogen-bond acceptors (Lipinski definition) is 4. The highest BCUT2D eigenvalue weighted by molar-refractivity contribution is 6.00. The highest BCUT2D eigenvalue weighted by Gasteiger charge is 2.19. The Hall–Kier alpha value is -2.62. The number of pyridine rings is 1. The van der Waals surface area contributed by atoms with Crippen molar-refractivity contribution in [3.8, 4) is 6.07 Å². The van der Waals surface area contributed by atoms with Crippen LogP contribution < -0.4 is 5.56 Å². The Bertz CT molecular complexity index is 537. The highest BCUT2D eigenvalue weighted by atomic mass is 16.4. The summed E-state index contributed by atoms with van der Waals surface area (Å²) in [6.45, 7) is 0. The fourth-order valence-corrected chi connectivity index (χ4v) is 0.951. The lowest BCUT2D eigenvalue weighted by atomic mass is 10.1. The number of nitrogens with one attached hydrogen (secondary N) is 1. The lowest BCUT2D eigenvalue weighted by molar-refractivity contribution is 0.0646. The topological polar surface area (TPSA) is 131 Å². The Balaban J connectivity index is 3.62. The van der Waals surface area contributed by atoms with Gasteiger partial charge in [-0.3, -0.25) is 4.79 Å². The average molecular weight is 208 g/mol. The lowest BCUT2D eigenvalue weighted by Gasteiger charge is -2.00.